The van der Waals surface area contributed by atoms with E-state index in [0.29, 0.717) is 18.5 Å². The molecule has 1 heterocycles. The summed E-state index contributed by atoms with van der Waals surface area (Å²) in [4.78, 5) is 25.3. The number of carbonyl (C=O) groups excluding carboxylic acids is 2. The Morgan fingerprint density at radius 2 is 1.61 bits per heavy atom. The minimum absolute atomic E-state index is 0. The first-order valence-corrected chi connectivity index (χ1v) is 8.09. The van der Waals surface area contributed by atoms with Crippen molar-refractivity contribution in [3.63, 3.8) is 0 Å². The molecule has 0 aromatic carbocycles. The number of rotatable bonds is 9. The Hall–Kier alpha value is -0.560. The van der Waals surface area contributed by atoms with Crippen LogP contribution in [0.15, 0.2) is 0 Å². The van der Waals surface area contributed by atoms with Gasteiger partial charge in [0, 0.05) is 12.6 Å². The molecule has 4 N–H and O–H groups in total. The Labute approximate surface area is 152 Å². The van der Waals surface area contributed by atoms with Crippen molar-refractivity contribution >= 4 is 36.6 Å². The van der Waals surface area contributed by atoms with Crippen LogP contribution in [0.1, 0.15) is 39.5 Å². The lowest BCUT2D eigenvalue weighted by molar-refractivity contribution is -0.125. The molecule has 0 bridgehead atoms. The molecule has 0 saturated carbocycles. The number of hydrogen-bond acceptors (Lipinski definition) is 4. The lowest BCUT2D eigenvalue weighted by Crippen LogP contribution is -2.48. The fraction of sp³-hybridized carbons (Fsp3) is 0.867. The molecule has 1 fully saturated rings. The van der Waals surface area contributed by atoms with Crippen LogP contribution in [-0.2, 0) is 9.59 Å². The Morgan fingerprint density at radius 1 is 1.04 bits per heavy atom. The molecule has 0 radical (unpaired) electrons. The molecule has 0 aliphatic carbocycles. The number of nitrogens with one attached hydrogen (secondary N) is 2. The van der Waals surface area contributed by atoms with Gasteiger partial charge in [0.25, 0.3) is 0 Å². The molecule has 2 amide bonds. The van der Waals surface area contributed by atoms with E-state index in [1.165, 1.54) is 12.8 Å². The summed E-state index contributed by atoms with van der Waals surface area (Å²) in [6.45, 7) is 7.25. The van der Waals surface area contributed by atoms with Crippen LogP contribution in [0.4, 0.5) is 0 Å². The van der Waals surface area contributed by atoms with Crippen molar-refractivity contribution in [3.05, 3.63) is 0 Å². The van der Waals surface area contributed by atoms with Gasteiger partial charge in [-0.05, 0) is 31.8 Å². The third-order valence-electron chi connectivity index (χ3n) is 4.34. The molecule has 1 atom stereocenters. The Balaban J connectivity index is 0. The van der Waals surface area contributed by atoms with Gasteiger partial charge < -0.3 is 16.4 Å². The SMILES string of the molecule is CCC(CC)C(CNC(=O)CNC(=O)CN)N1CCCC1.Cl.Cl. The normalized spacial score (nSPS) is 15.5. The molecule has 0 aromatic rings. The van der Waals surface area contributed by atoms with E-state index < -0.39 is 0 Å². The Bertz CT molecular complexity index is 333. The summed E-state index contributed by atoms with van der Waals surface area (Å²) in [7, 11) is 0. The fourth-order valence-corrected chi connectivity index (χ4v) is 3.03. The van der Waals surface area contributed by atoms with Crippen molar-refractivity contribution < 1.29 is 9.59 Å². The second kappa shape index (κ2) is 13.8. The Kier molecular flexibility index (Phi) is 14.9. The minimum atomic E-state index is -0.304. The summed E-state index contributed by atoms with van der Waals surface area (Å²) in [6, 6.07) is 0.400. The second-order valence-electron chi connectivity index (χ2n) is 5.67. The highest BCUT2D eigenvalue weighted by molar-refractivity contribution is 5.86. The summed E-state index contributed by atoms with van der Waals surface area (Å²) in [5.74, 6) is 0.148. The maximum absolute atomic E-state index is 11.8. The van der Waals surface area contributed by atoms with E-state index in [1.54, 1.807) is 0 Å². The molecule has 1 unspecified atom stereocenters. The second-order valence-corrected chi connectivity index (χ2v) is 5.67. The van der Waals surface area contributed by atoms with E-state index in [-0.39, 0.29) is 49.7 Å². The lowest BCUT2D eigenvalue weighted by Gasteiger charge is -2.33. The largest absolute Gasteiger partial charge is 0.353 e. The average molecular weight is 371 g/mol. The molecule has 6 nitrogen and oxygen atoms in total. The van der Waals surface area contributed by atoms with Crippen LogP contribution in [0.25, 0.3) is 0 Å². The minimum Gasteiger partial charge on any atom is -0.353 e. The number of nitrogens with two attached hydrogens (primary N) is 1. The van der Waals surface area contributed by atoms with E-state index in [0.717, 1.165) is 25.9 Å². The van der Waals surface area contributed by atoms with Gasteiger partial charge in [0.2, 0.25) is 11.8 Å². The predicted molar refractivity (Wildman–Crippen MR) is 98.2 cm³/mol. The van der Waals surface area contributed by atoms with E-state index in [1.807, 2.05) is 0 Å². The van der Waals surface area contributed by atoms with Crippen molar-refractivity contribution in [3.8, 4) is 0 Å². The summed E-state index contributed by atoms with van der Waals surface area (Å²) in [6.07, 6.45) is 4.74. The van der Waals surface area contributed by atoms with Gasteiger partial charge in [-0.3, -0.25) is 14.5 Å². The van der Waals surface area contributed by atoms with E-state index in [9.17, 15) is 9.59 Å². The third-order valence-corrected chi connectivity index (χ3v) is 4.34. The predicted octanol–water partition coefficient (Wildman–Crippen LogP) is 0.922. The number of amides is 2. The first-order chi connectivity index (χ1) is 10.1. The molecule has 0 spiro atoms. The van der Waals surface area contributed by atoms with Crippen LogP contribution in [0.5, 0.6) is 0 Å². The van der Waals surface area contributed by atoms with E-state index >= 15 is 0 Å². The topological polar surface area (TPSA) is 87.5 Å². The zero-order valence-electron chi connectivity index (χ0n) is 14.2. The van der Waals surface area contributed by atoms with Crippen molar-refractivity contribution in [2.75, 3.05) is 32.7 Å². The molecular formula is C15H32Cl2N4O2. The highest BCUT2D eigenvalue weighted by Crippen LogP contribution is 2.22. The standard InChI is InChI=1S/C15H30N4O2.2ClH/c1-3-12(4-2)13(19-7-5-6-8-19)10-17-15(21)11-18-14(20)9-16;;/h12-13H,3-11,16H2,1-2H3,(H,17,21)(H,18,20);2*1H. The van der Waals surface area contributed by atoms with Crippen LogP contribution < -0.4 is 16.4 Å². The average Bonchev–Trinajstić information content (AvgIpc) is 3.02. The summed E-state index contributed by atoms with van der Waals surface area (Å²) < 4.78 is 0. The zero-order chi connectivity index (χ0) is 15.7. The third kappa shape index (κ3) is 8.74. The van der Waals surface area contributed by atoms with Crippen molar-refractivity contribution in [2.45, 2.75) is 45.6 Å². The first kappa shape index (κ1) is 24.7. The molecule has 1 rings (SSSR count). The summed E-state index contributed by atoms with van der Waals surface area (Å²) in [5.41, 5.74) is 5.19. The smallest absolute Gasteiger partial charge is 0.239 e. The van der Waals surface area contributed by atoms with Gasteiger partial charge in [-0.25, -0.2) is 0 Å². The maximum atomic E-state index is 11.8. The molecular weight excluding hydrogens is 339 g/mol. The van der Waals surface area contributed by atoms with Crippen LogP contribution in [0.2, 0.25) is 0 Å². The van der Waals surface area contributed by atoms with E-state index in [4.69, 9.17) is 5.73 Å². The van der Waals surface area contributed by atoms with Gasteiger partial charge in [0.1, 0.15) is 0 Å². The van der Waals surface area contributed by atoms with Crippen molar-refractivity contribution in [1.82, 2.24) is 15.5 Å². The molecule has 1 aliphatic rings. The highest BCUT2D eigenvalue weighted by atomic mass is 35.5. The van der Waals surface area contributed by atoms with E-state index in [2.05, 4.69) is 29.4 Å². The summed E-state index contributed by atoms with van der Waals surface area (Å²) >= 11 is 0. The molecule has 138 valence electrons. The number of carbonyl (C=O) groups is 2. The number of halogens is 2. The van der Waals surface area contributed by atoms with Gasteiger partial charge >= 0.3 is 0 Å². The van der Waals surface area contributed by atoms with Gasteiger partial charge in [-0.15, -0.1) is 24.8 Å². The van der Waals surface area contributed by atoms with Gasteiger partial charge in [0.15, 0.2) is 0 Å². The summed E-state index contributed by atoms with van der Waals surface area (Å²) in [5, 5.41) is 5.45. The number of nitrogens with zero attached hydrogens (tertiary/aromatic N) is 1. The van der Waals surface area contributed by atoms with Crippen LogP contribution >= 0.6 is 24.8 Å². The van der Waals surface area contributed by atoms with Crippen LogP contribution in [0.3, 0.4) is 0 Å². The molecule has 8 heteroatoms. The van der Waals surface area contributed by atoms with Crippen molar-refractivity contribution in [1.29, 1.82) is 0 Å². The van der Waals surface area contributed by atoms with Crippen molar-refractivity contribution in [2.24, 2.45) is 11.7 Å². The fourth-order valence-electron chi connectivity index (χ4n) is 3.03. The quantitative estimate of drug-likeness (QED) is 0.563. The van der Waals surface area contributed by atoms with Crippen LogP contribution in [0, 0.1) is 5.92 Å². The van der Waals surface area contributed by atoms with Crippen LogP contribution in [-0.4, -0.2) is 55.5 Å². The molecule has 1 saturated heterocycles. The van der Waals surface area contributed by atoms with Gasteiger partial charge in [0.05, 0.1) is 13.1 Å². The van der Waals surface area contributed by atoms with Gasteiger partial charge in [-0.2, -0.15) is 0 Å². The maximum Gasteiger partial charge on any atom is 0.239 e. The zero-order valence-corrected chi connectivity index (χ0v) is 15.8. The first-order valence-electron chi connectivity index (χ1n) is 8.09. The lowest BCUT2D eigenvalue weighted by atomic mass is 9.93. The molecule has 0 aromatic heterocycles. The number of likely N-dealkylation sites (tertiary alicyclic amines) is 1. The monoisotopic (exact) mass is 370 g/mol. The molecule has 1 aliphatic heterocycles. The number of hydrogen-bond donors (Lipinski definition) is 3. The molecule has 23 heavy (non-hydrogen) atoms. The van der Waals surface area contributed by atoms with Gasteiger partial charge in [-0.1, -0.05) is 26.7 Å². The highest BCUT2D eigenvalue weighted by Gasteiger charge is 2.27. The Morgan fingerprint density at radius 3 is 2.09 bits per heavy atom.